The largest absolute Gasteiger partial charge is 0.304 e. The summed E-state index contributed by atoms with van der Waals surface area (Å²) in [5, 5.41) is -0.657. The molecule has 20 heavy (non-hydrogen) atoms. The number of likely N-dealkylation sites (N-methyl/N-ethyl adjacent to an activating group) is 1. The number of sulfonamides is 1. The summed E-state index contributed by atoms with van der Waals surface area (Å²) >= 11 is 5.38. The van der Waals surface area contributed by atoms with Gasteiger partial charge in [-0.1, -0.05) is 12.1 Å². The fourth-order valence-electron chi connectivity index (χ4n) is 1.96. The molecule has 0 bridgehead atoms. The first kappa shape index (κ1) is 17.4. The zero-order valence-electron chi connectivity index (χ0n) is 11.0. The van der Waals surface area contributed by atoms with Gasteiger partial charge in [-0.3, -0.25) is 4.79 Å². The first-order chi connectivity index (χ1) is 8.91. The molecular formula is C12H16Cl2N2O3S. The molecule has 0 unspecified atom stereocenters. The third kappa shape index (κ3) is 3.71. The summed E-state index contributed by atoms with van der Waals surface area (Å²) in [4.78, 5) is 13.3. The third-order valence-electron chi connectivity index (χ3n) is 3.16. The molecule has 1 fully saturated rings. The summed E-state index contributed by atoms with van der Waals surface area (Å²) in [7, 11) is -1.59. The number of piperazine rings is 1. The lowest BCUT2D eigenvalue weighted by atomic mass is 10.2. The molecular weight excluding hydrogens is 323 g/mol. The fourth-order valence-corrected chi connectivity index (χ4v) is 3.54. The Morgan fingerprint density at radius 1 is 1.20 bits per heavy atom. The van der Waals surface area contributed by atoms with E-state index in [0.29, 0.717) is 26.2 Å². The van der Waals surface area contributed by atoms with Crippen LogP contribution < -0.4 is 0 Å². The van der Waals surface area contributed by atoms with Crippen molar-refractivity contribution in [1.82, 2.24) is 9.21 Å². The van der Waals surface area contributed by atoms with Crippen LogP contribution >= 0.6 is 24.0 Å². The summed E-state index contributed by atoms with van der Waals surface area (Å²) in [6.07, 6.45) is 0. The highest BCUT2D eigenvalue weighted by Crippen LogP contribution is 2.19. The van der Waals surface area contributed by atoms with Crippen LogP contribution in [0.3, 0.4) is 0 Å². The number of hydrogen-bond donors (Lipinski definition) is 0. The van der Waals surface area contributed by atoms with Crippen LogP contribution in [0.4, 0.5) is 0 Å². The van der Waals surface area contributed by atoms with Crippen LogP contribution in [0.2, 0.25) is 0 Å². The number of rotatable bonds is 3. The summed E-state index contributed by atoms with van der Waals surface area (Å²) in [6, 6.07) is 5.83. The van der Waals surface area contributed by atoms with Crippen molar-refractivity contribution in [2.75, 3.05) is 33.2 Å². The van der Waals surface area contributed by atoms with Gasteiger partial charge in [0.25, 0.3) is 5.24 Å². The van der Waals surface area contributed by atoms with E-state index in [0.717, 1.165) is 0 Å². The Labute approximate surface area is 130 Å². The summed E-state index contributed by atoms with van der Waals surface area (Å²) in [5.74, 6) is 0. The summed E-state index contributed by atoms with van der Waals surface area (Å²) in [6.45, 7) is 2.32. The van der Waals surface area contributed by atoms with Gasteiger partial charge in [-0.2, -0.15) is 4.31 Å². The fraction of sp³-hybridized carbons (Fsp3) is 0.417. The molecule has 2 rings (SSSR count). The molecule has 1 aromatic carbocycles. The van der Waals surface area contributed by atoms with Gasteiger partial charge in [0.15, 0.2) is 0 Å². The van der Waals surface area contributed by atoms with Gasteiger partial charge >= 0.3 is 0 Å². The Morgan fingerprint density at radius 2 is 1.80 bits per heavy atom. The Bertz CT molecular complexity index is 584. The maximum absolute atomic E-state index is 12.4. The number of hydrogen-bond acceptors (Lipinski definition) is 4. The van der Waals surface area contributed by atoms with Crippen molar-refractivity contribution < 1.29 is 13.2 Å². The first-order valence-corrected chi connectivity index (χ1v) is 7.71. The SMILES string of the molecule is CN1CCN(S(=O)(=O)c2cccc(C(=O)Cl)c2)CC1.Cl. The van der Waals surface area contributed by atoms with Crippen molar-refractivity contribution in [2.24, 2.45) is 0 Å². The zero-order valence-corrected chi connectivity index (χ0v) is 13.3. The molecule has 0 aliphatic carbocycles. The molecule has 1 heterocycles. The molecule has 0 N–H and O–H groups in total. The Balaban J connectivity index is 0.00000200. The van der Waals surface area contributed by atoms with Gasteiger partial charge < -0.3 is 4.90 Å². The monoisotopic (exact) mass is 338 g/mol. The normalized spacial score (nSPS) is 17.5. The van der Waals surface area contributed by atoms with E-state index >= 15 is 0 Å². The molecule has 0 amide bonds. The van der Waals surface area contributed by atoms with E-state index in [2.05, 4.69) is 4.90 Å². The van der Waals surface area contributed by atoms with Gasteiger partial charge in [0.1, 0.15) is 0 Å². The third-order valence-corrected chi connectivity index (χ3v) is 5.27. The molecule has 1 aliphatic heterocycles. The molecule has 0 saturated carbocycles. The number of benzene rings is 1. The van der Waals surface area contributed by atoms with E-state index in [1.165, 1.54) is 28.6 Å². The number of carbonyl (C=O) groups excluding carboxylic acids is 1. The smallest absolute Gasteiger partial charge is 0.252 e. The van der Waals surface area contributed by atoms with Crippen molar-refractivity contribution in [1.29, 1.82) is 0 Å². The minimum atomic E-state index is -3.55. The second-order valence-corrected chi connectivity index (χ2v) is 6.79. The first-order valence-electron chi connectivity index (χ1n) is 5.90. The molecule has 5 nitrogen and oxygen atoms in total. The molecule has 1 saturated heterocycles. The molecule has 1 aliphatic rings. The van der Waals surface area contributed by atoms with Crippen LogP contribution in [-0.2, 0) is 10.0 Å². The average molecular weight is 339 g/mol. The second kappa shape index (κ2) is 6.87. The van der Waals surface area contributed by atoms with Gasteiger partial charge in [0, 0.05) is 31.7 Å². The molecule has 0 atom stereocenters. The van der Waals surface area contributed by atoms with Crippen molar-refractivity contribution >= 4 is 39.3 Å². The van der Waals surface area contributed by atoms with Crippen LogP contribution in [0.1, 0.15) is 10.4 Å². The quantitative estimate of drug-likeness (QED) is 0.782. The standard InChI is InChI=1S/C12H15ClN2O3S.ClH/c1-14-5-7-15(8-6-14)19(17,18)11-4-2-3-10(9-11)12(13)16;/h2-4,9H,5-8H2,1H3;1H. The maximum atomic E-state index is 12.4. The number of nitrogens with zero attached hydrogens (tertiary/aromatic N) is 2. The van der Waals surface area contributed by atoms with Gasteiger partial charge in [0.2, 0.25) is 10.0 Å². The Morgan fingerprint density at radius 3 is 2.35 bits per heavy atom. The minimum Gasteiger partial charge on any atom is -0.304 e. The maximum Gasteiger partial charge on any atom is 0.252 e. The van der Waals surface area contributed by atoms with E-state index in [1.54, 1.807) is 0 Å². The van der Waals surface area contributed by atoms with E-state index < -0.39 is 15.3 Å². The van der Waals surface area contributed by atoms with E-state index in [9.17, 15) is 13.2 Å². The van der Waals surface area contributed by atoms with E-state index in [1.807, 2.05) is 7.05 Å². The van der Waals surface area contributed by atoms with Gasteiger partial charge in [0.05, 0.1) is 4.90 Å². The van der Waals surface area contributed by atoms with Crippen molar-refractivity contribution in [3.05, 3.63) is 29.8 Å². The van der Waals surface area contributed by atoms with Crippen LogP contribution in [0.25, 0.3) is 0 Å². The average Bonchev–Trinajstić information content (AvgIpc) is 2.39. The molecule has 0 aromatic heterocycles. The summed E-state index contributed by atoms with van der Waals surface area (Å²) in [5.41, 5.74) is 0.192. The van der Waals surface area contributed by atoms with Crippen LogP contribution in [-0.4, -0.2) is 56.1 Å². The van der Waals surface area contributed by atoms with E-state index in [-0.39, 0.29) is 22.9 Å². The lowest BCUT2D eigenvalue weighted by Gasteiger charge is -2.31. The highest BCUT2D eigenvalue weighted by molar-refractivity contribution is 7.89. The highest BCUT2D eigenvalue weighted by atomic mass is 35.5. The predicted molar refractivity (Wildman–Crippen MR) is 80.1 cm³/mol. The van der Waals surface area contributed by atoms with Crippen LogP contribution in [0, 0.1) is 0 Å². The van der Waals surface area contributed by atoms with Crippen LogP contribution in [0.15, 0.2) is 29.2 Å². The molecule has 1 aromatic rings. The lowest BCUT2D eigenvalue weighted by molar-refractivity contribution is 0.108. The Kier molecular flexibility index (Phi) is 5.97. The second-order valence-electron chi connectivity index (χ2n) is 4.51. The van der Waals surface area contributed by atoms with Crippen LogP contribution in [0.5, 0.6) is 0 Å². The predicted octanol–water partition coefficient (Wildman–Crippen LogP) is 1.42. The topological polar surface area (TPSA) is 57.7 Å². The molecule has 0 radical (unpaired) electrons. The lowest BCUT2D eigenvalue weighted by Crippen LogP contribution is -2.47. The zero-order chi connectivity index (χ0) is 14.0. The Hall–Kier alpha value is -0.660. The number of halogens is 2. The van der Waals surface area contributed by atoms with Gasteiger partial charge in [-0.05, 0) is 30.8 Å². The highest BCUT2D eigenvalue weighted by Gasteiger charge is 2.27. The van der Waals surface area contributed by atoms with Gasteiger partial charge in [-0.15, -0.1) is 12.4 Å². The van der Waals surface area contributed by atoms with Crippen molar-refractivity contribution in [2.45, 2.75) is 4.90 Å². The molecule has 112 valence electrons. The van der Waals surface area contributed by atoms with Crippen molar-refractivity contribution in [3.8, 4) is 0 Å². The number of carbonyl (C=O) groups is 1. The van der Waals surface area contributed by atoms with Gasteiger partial charge in [-0.25, -0.2) is 8.42 Å². The van der Waals surface area contributed by atoms with Crippen molar-refractivity contribution in [3.63, 3.8) is 0 Å². The summed E-state index contributed by atoms with van der Waals surface area (Å²) < 4.78 is 26.3. The van der Waals surface area contributed by atoms with E-state index in [4.69, 9.17) is 11.6 Å². The molecule has 8 heteroatoms. The minimum absolute atomic E-state index is 0. The molecule has 0 spiro atoms.